The minimum Gasteiger partial charge on any atom is -0.504 e. The molecule has 0 atom stereocenters. The zero-order chi connectivity index (χ0) is 14.5. The number of carbonyl (C=O) groups is 1. The molecule has 0 aliphatic carbocycles. The SMILES string of the molecule is COC(=O)c1ccccc1C=Nc1cccc(Cl)c1O. The van der Waals surface area contributed by atoms with Gasteiger partial charge in [-0.2, -0.15) is 0 Å². The number of para-hydroxylation sites is 1. The van der Waals surface area contributed by atoms with Crippen molar-refractivity contribution >= 4 is 29.5 Å². The first-order valence-corrected chi connectivity index (χ1v) is 6.20. The van der Waals surface area contributed by atoms with Crippen LogP contribution in [0.4, 0.5) is 5.69 Å². The lowest BCUT2D eigenvalue weighted by atomic mass is 10.1. The Balaban J connectivity index is 2.37. The molecule has 0 saturated carbocycles. The second-order valence-electron chi connectivity index (χ2n) is 3.94. The Bertz CT molecular complexity index is 668. The van der Waals surface area contributed by atoms with Gasteiger partial charge in [-0.05, 0) is 18.2 Å². The van der Waals surface area contributed by atoms with Crippen molar-refractivity contribution in [2.24, 2.45) is 4.99 Å². The Morgan fingerprint density at radius 3 is 2.75 bits per heavy atom. The number of nitrogens with zero attached hydrogens (tertiary/aromatic N) is 1. The van der Waals surface area contributed by atoms with Crippen LogP contribution in [0.1, 0.15) is 15.9 Å². The Kier molecular flexibility index (Phi) is 4.38. The maximum atomic E-state index is 11.6. The topological polar surface area (TPSA) is 58.9 Å². The smallest absolute Gasteiger partial charge is 0.338 e. The lowest BCUT2D eigenvalue weighted by Crippen LogP contribution is -2.04. The van der Waals surface area contributed by atoms with Gasteiger partial charge in [-0.15, -0.1) is 0 Å². The van der Waals surface area contributed by atoms with Crippen molar-refractivity contribution in [3.05, 3.63) is 58.6 Å². The first kappa shape index (κ1) is 14.1. The van der Waals surface area contributed by atoms with Gasteiger partial charge in [0.1, 0.15) is 5.69 Å². The van der Waals surface area contributed by atoms with Gasteiger partial charge in [0.2, 0.25) is 0 Å². The third kappa shape index (κ3) is 2.97. The van der Waals surface area contributed by atoms with E-state index in [1.54, 1.807) is 42.5 Å². The largest absolute Gasteiger partial charge is 0.504 e. The predicted octanol–water partition coefficient (Wildman–Crippen LogP) is 3.58. The highest BCUT2D eigenvalue weighted by Gasteiger charge is 2.09. The van der Waals surface area contributed by atoms with Crippen LogP contribution in [-0.4, -0.2) is 24.4 Å². The molecule has 0 saturated heterocycles. The average Bonchev–Trinajstić information content (AvgIpc) is 2.48. The third-order valence-electron chi connectivity index (χ3n) is 2.67. The monoisotopic (exact) mass is 289 g/mol. The summed E-state index contributed by atoms with van der Waals surface area (Å²) in [5, 5.41) is 9.99. The van der Waals surface area contributed by atoms with Crippen molar-refractivity contribution in [3.63, 3.8) is 0 Å². The molecular weight excluding hydrogens is 278 g/mol. The van der Waals surface area contributed by atoms with Crippen LogP contribution in [0.15, 0.2) is 47.5 Å². The van der Waals surface area contributed by atoms with E-state index in [1.165, 1.54) is 13.3 Å². The van der Waals surface area contributed by atoms with Gasteiger partial charge in [0.05, 0.1) is 17.7 Å². The summed E-state index contributed by atoms with van der Waals surface area (Å²) >= 11 is 5.80. The van der Waals surface area contributed by atoms with E-state index in [4.69, 9.17) is 16.3 Å². The molecule has 0 aromatic heterocycles. The van der Waals surface area contributed by atoms with Gasteiger partial charge < -0.3 is 9.84 Å². The minimum atomic E-state index is -0.442. The van der Waals surface area contributed by atoms with Gasteiger partial charge in [-0.1, -0.05) is 35.9 Å². The van der Waals surface area contributed by atoms with Crippen LogP contribution in [0.2, 0.25) is 5.02 Å². The van der Waals surface area contributed by atoms with E-state index in [2.05, 4.69) is 4.99 Å². The number of phenolic OH excluding ortho intramolecular Hbond substituents is 1. The van der Waals surface area contributed by atoms with Crippen LogP contribution in [-0.2, 0) is 4.74 Å². The number of aromatic hydroxyl groups is 1. The summed E-state index contributed by atoms with van der Waals surface area (Å²) in [5.74, 6) is -0.539. The van der Waals surface area contributed by atoms with Crippen molar-refractivity contribution in [1.29, 1.82) is 0 Å². The quantitative estimate of drug-likeness (QED) is 0.694. The van der Waals surface area contributed by atoms with E-state index in [1.807, 2.05) is 0 Å². The van der Waals surface area contributed by atoms with Crippen LogP contribution in [0.5, 0.6) is 5.75 Å². The van der Waals surface area contributed by atoms with Crippen molar-refractivity contribution in [1.82, 2.24) is 0 Å². The molecule has 0 unspecified atom stereocenters. The van der Waals surface area contributed by atoms with E-state index in [0.717, 1.165) is 0 Å². The lowest BCUT2D eigenvalue weighted by molar-refractivity contribution is 0.0600. The number of halogens is 1. The highest BCUT2D eigenvalue weighted by molar-refractivity contribution is 6.32. The summed E-state index contributed by atoms with van der Waals surface area (Å²) in [6, 6.07) is 11.8. The van der Waals surface area contributed by atoms with E-state index in [0.29, 0.717) is 16.8 Å². The van der Waals surface area contributed by atoms with Crippen LogP contribution >= 0.6 is 11.6 Å². The average molecular weight is 290 g/mol. The Morgan fingerprint density at radius 2 is 2.00 bits per heavy atom. The number of hydrogen-bond acceptors (Lipinski definition) is 4. The molecule has 20 heavy (non-hydrogen) atoms. The second kappa shape index (κ2) is 6.21. The van der Waals surface area contributed by atoms with Crippen molar-refractivity contribution in [3.8, 4) is 5.75 Å². The Hall–Kier alpha value is -2.33. The lowest BCUT2D eigenvalue weighted by Gasteiger charge is -2.03. The fourth-order valence-corrected chi connectivity index (χ4v) is 1.82. The second-order valence-corrected chi connectivity index (χ2v) is 4.35. The molecule has 0 bridgehead atoms. The number of hydrogen-bond donors (Lipinski definition) is 1. The standard InChI is InChI=1S/C15H12ClNO3/c1-20-15(19)11-6-3-2-5-10(11)9-17-13-8-4-7-12(16)14(13)18/h2-9,18H,1H3. The van der Waals surface area contributed by atoms with Gasteiger partial charge in [0.15, 0.2) is 5.75 Å². The van der Waals surface area contributed by atoms with E-state index in [-0.39, 0.29) is 10.8 Å². The number of rotatable bonds is 3. The predicted molar refractivity (Wildman–Crippen MR) is 78.2 cm³/mol. The molecule has 2 rings (SSSR count). The van der Waals surface area contributed by atoms with Crippen LogP contribution in [0.25, 0.3) is 0 Å². The van der Waals surface area contributed by atoms with Gasteiger partial charge >= 0.3 is 5.97 Å². The number of phenols is 1. The molecule has 1 N–H and O–H groups in total. The maximum Gasteiger partial charge on any atom is 0.338 e. The third-order valence-corrected chi connectivity index (χ3v) is 2.98. The van der Waals surface area contributed by atoms with Crippen molar-refractivity contribution in [2.45, 2.75) is 0 Å². The molecule has 5 heteroatoms. The van der Waals surface area contributed by atoms with Crippen molar-refractivity contribution < 1.29 is 14.6 Å². The van der Waals surface area contributed by atoms with Crippen LogP contribution in [0.3, 0.4) is 0 Å². The molecule has 4 nitrogen and oxygen atoms in total. The fraction of sp³-hybridized carbons (Fsp3) is 0.0667. The van der Waals surface area contributed by atoms with E-state index >= 15 is 0 Å². The van der Waals surface area contributed by atoms with Crippen molar-refractivity contribution in [2.75, 3.05) is 7.11 Å². The normalized spacial score (nSPS) is 10.7. The summed E-state index contributed by atoms with van der Waals surface area (Å²) in [6.45, 7) is 0. The minimum absolute atomic E-state index is 0.0963. The number of aliphatic imine (C=N–C) groups is 1. The molecule has 0 spiro atoms. The van der Waals surface area contributed by atoms with Gasteiger partial charge in [0, 0.05) is 11.8 Å². The van der Waals surface area contributed by atoms with Gasteiger partial charge in [-0.3, -0.25) is 4.99 Å². The van der Waals surface area contributed by atoms with Crippen LogP contribution in [0, 0.1) is 0 Å². The molecule has 0 heterocycles. The summed E-state index contributed by atoms with van der Waals surface area (Å²) in [6.07, 6.45) is 1.48. The molecule has 102 valence electrons. The summed E-state index contributed by atoms with van der Waals surface area (Å²) in [7, 11) is 1.32. The van der Waals surface area contributed by atoms with E-state index < -0.39 is 5.97 Å². The number of carbonyl (C=O) groups excluding carboxylic acids is 1. The number of ether oxygens (including phenoxy) is 1. The first-order valence-electron chi connectivity index (χ1n) is 5.82. The number of benzene rings is 2. The van der Waals surface area contributed by atoms with Gasteiger partial charge in [0.25, 0.3) is 0 Å². The Labute approximate surface area is 121 Å². The Morgan fingerprint density at radius 1 is 1.25 bits per heavy atom. The van der Waals surface area contributed by atoms with Crippen LogP contribution < -0.4 is 0 Å². The highest BCUT2D eigenvalue weighted by atomic mass is 35.5. The molecule has 2 aromatic rings. The molecule has 0 aliphatic rings. The summed E-state index contributed by atoms with van der Waals surface area (Å²) < 4.78 is 4.70. The molecule has 0 radical (unpaired) electrons. The fourth-order valence-electron chi connectivity index (χ4n) is 1.65. The molecule has 2 aromatic carbocycles. The molecule has 0 amide bonds. The molecular formula is C15H12ClNO3. The highest BCUT2D eigenvalue weighted by Crippen LogP contribution is 2.33. The maximum absolute atomic E-state index is 11.6. The zero-order valence-corrected chi connectivity index (χ0v) is 11.5. The number of methoxy groups -OCH3 is 1. The van der Waals surface area contributed by atoms with Gasteiger partial charge in [-0.25, -0.2) is 4.79 Å². The first-order chi connectivity index (χ1) is 9.63. The molecule has 0 fully saturated rings. The zero-order valence-electron chi connectivity index (χ0n) is 10.7. The summed E-state index contributed by atoms with van der Waals surface area (Å²) in [4.78, 5) is 15.8. The number of esters is 1. The van der Waals surface area contributed by atoms with E-state index in [9.17, 15) is 9.90 Å². The molecule has 0 aliphatic heterocycles. The summed E-state index contributed by atoms with van der Waals surface area (Å²) in [5.41, 5.74) is 1.33.